The molecule has 4 nitrogen and oxygen atoms in total. The largest absolute Gasteiger partial charge is 0.492 e. The fraction of sp³-hybridized carbons (Fsp3) is 0.333. The van der Waals surface area contributed by atoms with E-state index in [1.807, 2.05) is 45.9 Å². The molecule has 2 aromatic carbocycles. The van der Waals surface area contributed by atoms with Crippen molar-refractivity contribution in [2.45, 2.75) is 32.6 Å². The number of benzene rings is 2. The van der Waals surface area contributed by atoms with E-state index in [1.165, 1.54) is 0 Å². The molecule has 0 saturated carbocycles. The SMILES string of the molecule is Cc1cc(C)cc(OCCNS(=O)(=O)c2cc(C)cc(C)c2)c1. The van der Waals surface area contributed by atoms with Crippen LogP contribution in [-0.2, 0) is 10.0 Å². The van der Waals surface area contributed by atoms with E-state index in [2.05, 4.69) is 10.8 Å². The van der Waals surface area contributed by atoms with Crippen molar-refractivity contribution in [3.05, 3.63) is 58.7 Å². The van der Waals surface area contributed by atoms with Crippen LogP contribution < -0.4 is 9.46 Å². The minimum atomic E-state index is -3.51. The third-order valence-corrected chi connectivity index (χ3v) is 4.80. The molecule has 0 radical (unpaired) electrons. The number of sulfonamides is 1. The lowest BCUT2D eigenvalue weighted by Crippen LogP contribution is -2.28. The molecule has 0 heterocycles. The Labute approximate surface area is 138 Å². The van der Waals surface area contributed by atoms with Gasteiger partial charge in [0.25, 0.3) is 0 Å². The van der Waals surface area contributed by atoms with Gasteiger partial charge in [-0.25, -0.2) is 13.1 Å². The molecule has 2 rings (SSSR count). The molecule has 2 aromatic rings. The molecule has 0 spiro atoms. The number of hydrogen-bond acceptors (Lipinski definition) is 3. The zero-order valence-electron chi connectivity index (χ0n) is 14.0. The average molecular weight is 333 g/mol. The van der Waals surface area contributed by atoms with Gasteiger partial charge in [-0.2, -0.15) is 0 Å². The molecule has 124 valence electrons. The lowest BCUT2D eigenvalue weighted by molar-refractivity contribution is 0.322. The Kier molecular flexibility index (Phi) is 5.44. The Hall–Kier alpha value is -1.85. The predicted octanol–water partition coefficient (Wildman–Crippen LogP) is 3.28. The number of ether oxygens (including phenoxy) is 1. The van der Waals surface area contributed by atoms with Gasteiger partial charge in [0, 0.05) is 6.54 Å². The van der Waals surface area contributed by atoms with E-state index < -0.39 is 10.0 Å². The van der Waals surface area contributed by atoms with Gasteiger partial charge in [0.15, 0.2) is 0 Å². The first-order valence-corrected chi connectivity index (χ1v) is 9.04. The van der Waals surface area contributed by atoms with Crippen LogP contribution in [-0.4, -0.2) is 21.6 Å². The highest BCUT2D eigenvalue weighted by Gasteiger charge is 2.14. The van der Waals surface area contributed by atoms with Crippen molar-refractivity contribution >= 4 is 10.0 Å². The van der Waals surface area contributed by atoms with Gasteiger partial charge >= 0.3 is 0 Å². The molecule has 0 aromatic heterocycles. The summed E-state index contributed by atoms with van der Waals surface area (Å²) in [6.07, 6.45) is 0. The average Bonchev–Trinajstić information content (AvgIpc) is 2.41. The Morgan fingerprint density at radius 2 is 1.30 bits per heavy atom. The van der Waals surface area contributed by atoms with Crippen LogP contribution in [0.4, 0.5) is 0 Å². The van der Waals surface area contributed by atoms with Gasteiger partial charge in [0.1, 0.15) is 12.4 Å². The Balaban J connectivity index is 1.94. The lowest BCUT2D eigenvalue weighted by Gasteiger charge is -2.11. The maximum absolute atomic E-state index is 12.3. The summed E-state index contributed by atoms with van der Waals surface area (Å²) in [4.78, 5) is 0.293. The topological polar surface area (TPSA) is 55.4 Å². The van der Waals surface area contributed by atoms with E-state index in [1.54, 1.807) is 12.1 Å². The van der Waals surface area contributed by atoms with Gasteiger partial charge < -0.3 is 4.74 Å². The number of nitrogens with one attached hydrogen (secondary N) is 1. The van der Waals surface area contributed by atoms with E-state index in [4.69, 9.17) is 4.74 Å². The van der Waals surface area contributed by atoms with Crippen LogP contribution in [0.25, 0.3) is 0 Å². The second-order valence-electron chi connectivity index (χ2n) is 5.89. The highest BCUT2D eigenvalue weighted by atomic mass is 32.2. The van der Waals surface area contributed by atoms with Crippen LogP contribution >= 0.6 is 0 Å². The summed E-state index contributed by atoms with van der Waals surface area (Å²) in [6, 6.07) is 11.2. The highest BCUT2D eigenvalue weighted by molar-refractivity contribution is 7.89. The molecular weight excluding hydrogens is 310 g/mol. The van der Waals surface area contributed by atoms with Crippen molar-refractivity contribution in [1.29, 1.82) is 0 Å². The zero-order valence-corrected chi connectivity index (χ0v) is 14.8. The Bertz CT molecular complexity index is 757. The molecule has 0 fully saturated rings. The van der Waals surface area contributed by atoms with Crippen LogP contribution in [0.3, 0.4) is 0 Å². The van der Waals surface area contributed by atoms with Crippen LogP contribution in [0.2, 0.25) is 0 Å². The van der Waals surface area contributed by atoms with Crippen LogP contribution in [0.15, 0.2) is 41.3 Å². The predicted molar refractivity (Wildman–Crippen MR) is 92.5 cm³/mol. The number of rotatable bonds is 6. The van der Waals surface area contributed by atoms with Crippen molar-refractivity contribution < 1.29 is 13.2 Å². The summed E-state index contributed by atoms with van der Waals surface area (Å²) in [5.41, 5.74) is 4.10. The van der Waals surface area contributed by atoms with Crippen LogP contribution in [0.1, 0.15) is 22.3 Å². The Morgan fingerprint density at radius 3 is 1.83 bits per heavy atom. The normalized spacial score (nSPS) is 11.5. The maximum atomic E-state index is 12.3. The van der Waals surface area contributed by atoms with Crippen molar-refractivity contribution in [2.75, 3.05) is 13.2 Å². The summed E-state index contributed by atoms with van der Waals surface area (Å²) >= 11 is 0. The molecule has 0 amide bonds. The van der Waals surface area contributed by atoms with Crippen molar-refractivity contribution in [1.82, 2.24) is 4.72 Å². The molecule has 0 bridgehead atoms. The standard InChI is InChI=1S/C18H23NO3S/c1-13-7-14(2)10-17(9-13)22-6-5-19-23(20,21)18-11-15(3)8-16(4)12-18/h7-12,19H,5-6H2,1-4H3. The highest BCUT2D eigenvalue weighted by Crippen LogP contribution is 2.16. The summed E-state index contributed by atoms with van der Waals surface area (Å²) in [6.45, 7) is 8.28. The second kappa shape index (κ2) is 7.15. The molecule has 0 atom stereocenters. The van der Waals surface area contributed by atoms with Gasteiger partial charge in [0.2, 0.25) is 10.0 Å². The monoisotopic (exact) mass is 333 g/mol. The summed E-state index contributed by atoms with van der Waals surface area (Å²) in [5, 5.41) is 0. The van der Waals surface area contributed by atoms with Gasteiger partial charge in [0.05, 0.1) is 4.90 Å². The first-order valence-electron chi connectivity index (χ1n) is 7.55. The maximum Gasteiger partial charge on any atom is 0.240 e. The van der Waals surface area contributed by atoms with Gasteiger partial charge in [-0.15, -0.1) is 0 Å². The molecule has 0 unspecified atom stereocenters. The molecular formula is C18H23NO3S. The second-order valence-corrected chi connectivity index (χ2v) is 7.66. The zero-order chi connectivity index (χ0) is 17.0. The van der Waals surface area contributed by atoms with Gasteiger partial charge in [-0.05, 0) is 74.2 Å². The third-order valence-electron chi connectivity index (χ3n) is 3.36. The van der Waals surface area contributed by atoms with E-state index >= 15 is 0 Å². The minimum absolute atomic E-state index is 0.225. The van der Waals surface area contributed by atoms with Crippen molar-refractivity contribution in [3.8, 4) is 5.75 Å². The molecule has 5 heteroatoms. The summed E-state index contributed by atoms with van der Waals surface area (Å²) in [5.74, 6) is 0.757. The molecule has 1 N–H and O–H groups in total. The van der Waals surface area contributed by atoms with E-state index in [-0.39, 0.29) is 13.2 Å². The smallest absolute Gasteiger partial charge is 0.240 e. The van der Waals surface area contributed by atoms with Crippen molar-refractivity contribution in [3.63, 3.8) is 0 Å². The first-order chi connectivity index (χ1) is 10.8. The molecule has 0 saturated heterocycles. The van der Waals surface area contributed by atoms with Crippen LogP contribution in [0.5, 0.6) is 5.75 Å². The number of aryl methyl sites for hydroxylation is 4. The fourth-order valence-electron chi connectivity index (χ4n) is 2.53. The van der Waals surface area contributed by atoms with E-state index in [0.717, 1.165) is 28.0 Å². The first kappa shape index (κ1) is 17.5. The minimum Gasteiger partial charge on any atom is -0.492 e. The molecule has 0 aliphatic rings. The molecule has 0 aliphatic heterocycles. The Morgan fingerprint density at radius 1 is 0.826 bits per heavy atom. The van der Waals surface area contributed by atoms with E-state index in [0.29, 0.717) is 4.90 Å². The van der Waals surface area contributed by atoms with Gasteiger partial charge in [-0.1, -0.05) is 12.1 Å². The third kappa shape index (κ3) is 5.08. The lowest BCUT2D eigenvalue weighted by atomic mass is 10.1. The van der Waals surface area contributed by atoms with Gasteiger partial charge in [-0.3, -0.25) is 0 Å². The number of hydrogen-bond donors (Lipinski definition) is 1. The van der Waals surface area contributed by atoms with Crippen molar-refractivity contribution in [2.24, 2.45) is 0 Å². The molecule has 23 heavy (non-hydrogen) atoms. The quantitative estimate of drug-likeness (QED) is 0.826. The van der Waals surface area contributed by atoms with Crippen LogP contribution in [0, 0.1) is 27.7 Å². The van der Waals surface area contributed by atoms with E-state index in [9.17, 15) is 8.42 Å². The summed E-state index contributed by atoms with van der Waals surface area (Å²) in [7, 11) is -3.51. The summed E-state index contributed by atoms with van der Waals surface area (Å²) < 4.78 is 32.8. The molecule has 0 aliphatic carbocycles. The fourth-order valence-corrected chi connectivity index (χ4v) is 3.73.